The fourth-order valence-electron chi connectivity index (χ4n) is 0.699. The minimum Gasteiger partial charge on any atom is -0.322 e. The molecule has 0 bridgehead atoms. The van der Waals surface area contributed by atoms with E-state index in [1.54, 1.807) is 6.20 Å². The summed E-state index contributed by atoms with van der Waals surface area (Å²) in [6.07, 6.45) is 2.70. The third kappa shape index (κ3) is 3.71. The van der Waals surface area contributed by atoms with Gasteiger partial charge in [0, 0.05) is 11.1 Å². The van der Waals surface area contributed by atoms with Crippen molar-refractivity contribution in [1.82, 2.24) is 4.98 Å². The molecular weight excluding hydrogens is 210 g/mol. The number of anilines is 1. The van der Waals surface area contributed by atoms with Crippen LogP contribution in [0.3, 0.4) is 0 Å². The highest BCUT2D eigenvalue weighted by Gasteiger charge is 2.02. The Kier molecular flexibility index (Phi) is 5.61. The van der Waals surface area contributed by atoms with Crippen molar-refractivity contribution in [1.29, 1.82) is 0 Å². The number of hydrogen-bond donors (Lipinski definition) is 2. The van der Waals surface area contributed by atoms with Crippen molar-refractivity contribution < 1.29 is 4.79 Å². The minimum absolute atomic E-state index is 0. The Balaban J connectivity index is 0.00000144. The third-order valence-corrected chi connectivity index (χ3v) is 2.39. The number of aryl methyl sites for hydroxylation is 1. The van der Waals surface area contributed by atoms with Gasteiger partial charge in [0.25, 0.3) is 0 Å². The maximum Gasteiger partial charge on any atom is 0.239 e. The van der Waals surface area contributed by atoms with Crippen molar-refractivity contribution in [2.24, 2.45) is 5.73 Å². The first-order valence-electron chi connectivity index (χ1n) is 3.71. The number of nitrogens with two attached hydrogens (primary N) is 1. The molecule has 0 aliphatic heterocycles. The van der Waals surface area contributed by atoms with Gasteiger partial charge in [0.2, 0.25) is 5.91 Å². The Morgan fingerprint density at radius 1 is 1.77 bits per heavy atom. The van der Waals surface area contributed by atoms with Crippen molar-refractivity contribution in [3.05, 3.63) is 11.1 Å². The number of thiazole rings is 1. The molecular formula is C7H12ClN3OS. The SMILES string of the molecule is CCc1cnc(NC(=O)CN)s1.Cl. The zero-order valence-electron chi connectivity index (χ0n) is 7.24. The van der Waals surface area contributed by atoms with Gasteiger partial charge in [0.05, 0.1) is 6.54 Å². The smallest absolute Gasteiger partial charge is 0.239 e. The molecule has 4 nitrogen and oxygen atoms in total. The number of nitrogens with zero attached hydrogens (tertiary/aromatic N) is 1. The lowest BCUT2D eigenvalue weighted by atomic mass is 10.4. The van der Waals surface area contributed by atoms with Crippen molar-refractivity contribution in [3.8, 4) is 0 Å². The maximum atomic E-state index is 10.8. The standard InChI is InChI=1S/C7H11N3OS.ClH/c1-2-5-4-9-7(12-5)10-6(11)3-8;/h4H,2-3,8H2,1H3,(H,9,10,11);1H. The molecule has 0 radical (unpaired) electrons. The van der Waals surface area contributed by atoms with Gasteiger partial charge < -0.3 is 11.1 Å². The average Bonchev–Trinajstić information content (AvgIpc) is 2.52. The number of carbonyl (C=O) groups is 1. The van der Waals surface area contributed by atoms with Crippen LogP contribution in [0.25, 0.3) is 0 Å². The van der Waals surface area contributed by atoms with Crippen LogP contribution in [-0.4, -0.2) is 17.4 Å². The Hall–Kier alpha value is -0.650. The summed E-state index contributed by atoms with van der Waals surface area (Å²) in [5.41, 5.74) is 5.12. The second kappa shape index (κ2) is 5.90. The predicted molar refractivity (Wildman–Crippen MR) is 56.4 cm³/mol. The molecule has 0 spiro atoms. The van der Waals surface area contributed by atoms with Gasteiger partial charge >= 0.3 is 0 Å². The molecule has 1 heterocycles. The number of nitrogens with one attached hydrogen (secondary N) is 1. The third-order valence-electron chi connectivity index (χ3n) is 1.33. The molecule has 0 aliphatic rings. The molecule has 74 valence electrons. The molecule has 0 fully saturated rings. The Morgan fingerprint density at radius 2 is 2.46 bits per heavy atom. The molecule has 0 aromatic carbocycles. The van der Waals surface area contributed by atoms with Gasteiger partial charge in [-0.15, -0.1) is 23.7 Å². The second-order valence-electron chi connectivity index (χ2n) is 2.24. The van der Waals surface area contributed by atoms with Crippen LogP contribution in [-0.2, 0) is 11.2 Å². The molecule has 13 heavy (non-hydrogen) atoms. The molecule has 3 N–H and O–H groups in total. The maximum absolute atomic E-state index is 10.8. The van der Waals surface area contributed by atoms with Crippen molar-refractivity contribution in [3.63, 3.8) is 0 Å². The highest BCUT2D eigenvalue weighted by molar-refractivity contribution is 7.15. The van der Waals surface area contributed by atoms with Gasteiger partial charge in [0.1, 0.15) is 0 Å². The first-order chi connectivity index (χ1) is 5.76. The van der Waals surface area contributed by atoms with E-state index in [1.807, 2.05) is 6.92 Å². The second-order valence-corrected chi connectivity index (χ2v) is 3.35. The number of amides is 1. The first kappa shape index (κ1) is 12.3. The largest absolute Gasteiger partial charge is 0.322 e. The van der Waals surface area contributed by atoms with Crippen LogP contribution in [0, 0.1) is 0 Å². The summed E-state index contributed by atoms with van der Waals surface area (Å²) < 4.78 is 0. The fraction of sp³-hybridized carbons (Fsp3) is 0.429. The number of carbonyl (C=O) groups excluding carboxylic acids is 1. The summed E-state index contributed by atoms with van der Waals surface area (Å²) in [7, 11) is 0. The van der Waals surface area contributed by atoms with Crippen LogP contribution in [0.4, 0.5) is 5.13 Å². The van der Waals surface area contributed by atoms with E-state index >= 15 is 0 Å². The van der Waals surface area contributed by atoms with Gasteiger partial charge in [-0.3, -0.25) is 4.79 Å². The number of aromatic nitrogens is 1. The van der Waals surface area contributed by atoms with Crippen LogP contribution in [0.5, 0.6) is 0 Å². The van der Waals surface area contributed by atoms with E-state index in [1.165, 1.54) is 11.3 Å². The summed E-state index contributed by atoms with van der Waals surface area (Å²) in [6, 6.07) is 0. The average molecular weight is 222 g/mol. The summed E-state index contributed by atoms with van der Waals surface area (Å²) >= 11 is 1.48. The predicted octanol–water partition coefficient (Wildman–Crippen LogP) is 1.02. The summed E-state index contributed by atoms with van der Waals surface area (Å²) in [6.45, 7) is 2.04. The van der Waals surface area contributed by atoms with Gasteiger partial charge in [-0.05, 0) is 6.42 Å². The van der Waals surface area contributed by atoms with Gasteiger partial charge in [-0.25, -0.2) is 4.98 Å². The lowest BCUT2D eigenvalue weighted by Crippen LogP contribution is -2.21. The quantitative estimate of drug-likeness (QED) is 0.801. The number of hydrogen-bond acceptors (Lipinski definition) is 4. The number of halogens is 1. The molecule has 1 rings (SSSR count). The van der Waals surface area contributed by atoms with Crippen LogP contribution in [0.15, 0.2) is 6.20 Å². The minimum atomic E-state index is -0.202. The lowest BCUT2D eigenvalue weighted by Gasteiger charge is -1.95. The topological polar surface area (TPSA) is 68.0 Å². The Morgan fingerprint density at radius 3 is 2.92 bits per heavy atom. The van der Waals surface area contributed by atoms with Gasteiger partial charge in [0.15, 0.2) is 5.13 Å². The van der Waals surface area contributed by atoms with Crippen LogP contribution >= 0.6 is 23.7 Å². The molecule has 0 unspecified atom stereocenters. The zero-order chi connectivity index (χ0) is 8.97. The highest BCUT2D eigenvalue weighted by atomic mass is 35.5. The van der Waals surface area contributed by atoms with E-state index in [9.17, 15) is 4.79 Å². The van der Waals surface area contributed by atoms with Crippen LogP contribution < -0.4 is 11.1 Å². The number of rotatable bonds is 3. The highest BCUT2D eigenvalue weighted by Crippen LogP contribution is 2.17. The summed E-state index contributed by atoms with van der Waals surface area (Å²) in [5.74, 6) is -0.202. The van der Waals surface area contributed by atoms with Crippen molar-refractivity contribution in [2.75, 3.05) is 11.9 Å². The van der Waals surface area contributed by atoms with E-state index in [0.717, 1.165) is 11.3 Å². The normalized spacial score (nSPS) is 9.08. The van der Waals surface area contributed by atoms with Crippen LogP contribution in [0.1, 0.15) is 11.8 Å². The molecule has 0 saturated heterocycles. The van der Waals surface area contributed by atoms with Gasteiger partial charge in [-0.2, -0.15) is 0 Å². The van der Waals surface area contributed by atoms with E-state index in [0.29, 0.717) is 5.13 Å². The van der Waals surface area contributed by atoms with E-state index < -0.39 is 0 Å². The summed E-state index contributed by atoms with van der Waals surface area (Å²) in [5, 5.41) is 3.22. The molecule has 6 heteroatoms. The van der Waals surface area contributed by atoms with E-state index in [2.05, 4.69) is 10.3 Å². The zero-order valence-corrected chi connectivity index (χ0v) is 8.87. The summed E-state index contributed by atoms with van der Waals surface area (Å²) in [4.78, 5) is 16.0. The van der Waals surface area contributed by atoms with E-state index in [4.69, 9.17) is 5.73 Å². The molecule has 0 aliphatic carbocycles. The molecule has 0 saturated carbocycles. The van der Waals surface area contributed by atoms with Crippen LogP contribution in [0.2, 0.25) is 0 Å². The van der Waals surface area contributed by atoms with Crippen molar-refractivity contribution >= 4 is 34.8 Å². The Labute approximate surface area is 87.0 Å². The molecule has 1 aromatic rings. The van der Waals surface area contributed by atoms with Gasteiger partial charge in [-0.1, -0.05) is 6.92 Å². The van der Waals surface area contributed by atoms with E-state index in [-0.39, 0.29) is 24.9 Å². The molecule has 1 amide bonds. The Bertz CT molecular complexity index is 276. The lowest BCUT2D eigenvalue weighted by molar-refractivity contribution is -0.114. The first-order valence-corrected chi connectivity index (χ1v) is 4.52. The monoisotopic (exact) mass is 221 g/mol. The molecule has 0 atom stereocenters. The molecule has 1 aromatic heterocycles. The van der Waals surface area contributed by atoms with Crippen molar-refractivity contribution in [2.45, 2.75) is 13.3 Å². The fourth-order valence-corrected chi connectivity index (χ4v) is 1.47.